The molecule has 116 valence electrons. The summed E-state index contributed by atoms with van der Waals surface area (Å²) in [4.78, 5) is 17.1. The summed E-state index contributed by atoms with van der Waals surface area (Å²) in [5.74, 6) is 1.38. The topological polar surface area (TPSA) is 95.8 Å². The molecule has 7 nitrogen and oxygen atoms in total. The van der Waals surface area contributed by atoms with Crippen LogP contribution in [-0.2, 0) is 0 Å². The molecule has 0 aliphatic heterocycles. The average Bonchev–Trinajstić information content (AvgIpc) is 2.61. The van der Waals surface area contributed by atoms with Crippen molar-refractivity contribution in [2.75, 3.05) is 23.8 Å². The van der Waals surface area contributed by atoms with E-state index in [9.17, 15) is 0 Å². The Morgan fingerprint density at radius 2 is 1.61 bits per heavy atom. The lowest BCUT2D eigenvalue weighted by atomic mass is 10.2. The number of hydrogen-bond acceptors (Lipinski definition) is 7. The molecule has 0 unspecified atom stereocenters. The SMILES string of the molecule is OCCNc1nc(Nc2ccncc2)nc(-c2ccccc2)n1. The molecule has 23 heavy (non-hydrogen) atoms. The Labute approximate surface area is 133 Å². The zero-order valence-corrected chi connectivity index (χ0v) is 12.3. The third-order valence-electron chi connectivity index (χ3n) is 3.00. The van der Waals surface area contributed by atoms with E-state index in [1.807, 2.05) is 42.5 Å². The molecule has 0 atom stereocenters. The van der Waals surface area contributed by atoms with Crippen LogP contribution in [0.5, 0.6) is 0 Å². The summed E-state index contributed by atoms with van der Waals surface area (Å²) in [7, 11) is 0. The first kappa shape index (κ1) is 14.9. The van der Waals surface area contributed by atoms with E-state index in [1.165, 1.54) is 0 Å². The zero-order chi connectivity index (χ0) is 15.9. The lowest BCUT2D eigenvalue weighted by Crippen LogP contribution is -2.11. The number of aromatic nitrogens is 4. The fourth-order valence-corrected chi connectivity index (χ4v) is 1.96. The van der Waals surface area contributed by atoms with Crippen LogP contribution < -0.4 is 10.6 Å². The highest BCUT2D eigenvalue weighted by atomic mass is 16.3. The number of rotatable bonds is 6. The van der Waals surface area contributed by atoms with Gasteiger partial charge in [-0.3, -0.25) is 4.98 Å². The Balaban J connectivity index is 1.94. The number of nitrogens with one attached hydrogen (secondary N) is 2. The van der Waals surface area contributed by atoms with E-state index in [4.69, 9.17) is 5.11 Å². The minimum Gasteiger partial charge on any atom is -0.395 e. The summed E-state index contributed by atoms with van der Waals surface area (Å²) in [5.41, 5.74) is 1.72. The molecule has 2 heterocycles. The van der Waals surface area contributed by atoms with E-state index in [0.717, 1.165) is 11.3 Å². The highest BCUT2D eigenvalue weighted by Gasteiger charge is 2.08. The second-order valence-electron chi connectivity index (χ2n) is 4.68. The molecular formula is C16H16N6O. The lowest BCUT2D eigenvalue weighted by Gasteiger charge is -2.09. The summed E-state index contributed by atoms with van der Waals surface area (Å²) in [6.45, 7) is 0.367. The van der Waals surface area contributed by atoms with Crippen molar-refractivity contribution < 1.29 is 5.11 Å². The van der Waals surface area contributed by atoms with Gasteiger partial charge in [0.2, 0.25) is 11.9 Å². The summed E-state index contributed by atoms with van der Waals surface area (Å²) in [6, 6.07) is 13.3. The number of aliphatic hydroxyl groups is 1. The molecule has 3 rings (SSSR count). The first-order chi connectivity index (χ1) is 11.3. The van der Waals surface area contributed by atoms with Gasteiger partial charge in [0.15, 0.2) is 5.82 Å². The predicted octanol–water partition coefficient (Wildman–Crippen LogP) is 2.08. The summed E-state index contributed by atoms with van der Waals surface area (Å²) >= 11 is 0. The lowest BCUT2D eigenvalue weighted by molar-refractivity contribution is 0.311. The van der Waals surface area contributed by atoms with E-state index in [2.05, 4.69) is 30.6 Å². The number of benzene rings is 1. The summed E-state index contributed by atoms with van der Waals surface area (Å²) < 4.78 is 0. The molecular weight excluding hydrogens is 292 g/mol. The van der Waals surface area contributed by atoms with Gasteiger partial charge in [0.05, 0.1) is 6.61 Å². The molecule has 0 aliphatic carbocycles. The average molecular weight is 308 g/mol. The first-order valence-corrected chi connectivity index (χ1v) is 7.18. The van der Waals surface area contributed by atoms with Crippen molar-refractivity contribution >= 4 is 17.6 Å². The predicted molar refractivity (Wildman–Crippen MR) is 88.4 cm³/mol. The maximum Gasteiger partial charge on any atom is 0.232 e. The van der Waals surface area contributed by atoms with Crippen molar-refractivity contribution in [1.82, 2.24) is 19.9 Å². The highest BCUT2D eigenvalue weighted by Crippen LogP contribution is 2.19. The molecule has 0 saturated heterocycles. The van der Waals surface area contributed by atoms with Crippen molar-refractivity contribution in [3.05, 3.63) is 54.9 Å². The van der Waals surface area contributed by atoms with Gasteiger partial charge in [-0.2, -0.15) is 15.0 Å². The van der Waals surface area contributed by atoms with Crippen LogP contribution in [0.3, 0.4) is 0 Å². The van der Waals surface area contributed by atoms with E-state index in [1.54, 1.807) is 12.4 Å². The first-order valence-electron chi connectivity index (χ1n) is 7.18. The van der Waals surface area contributed by atoms with Crippen LogP contribution in [0.1, 0.15) is 0 Å². The van der Waals surface area contributed by atoms with Gasteiger partial charge in [-0.25, -0.2) is 0 Å². The monoisotopic (exact) mass is 308 g/mol. The van der Waals surface area contributed by atoms with Crippen LogP contribution in [-0.4, -0.2) is 38.2 Å². The van der Waals surface area contributed by atoms with Crippen LogP contribution >= 0.6 is 0 Å². The largest absolute Gasteiger partial charge is 0.395 e. The second kappa shape index (κ2) is 7.28. The molecule has 3 N–H and O–H groups in total. The molecule has 0 radical (unpaired) electrons. The molecule has 0 fully saturated rings. The smallest absolute Gasteiger partial charge is 0.232 e. The van der Waals surface area contributed by atoms with Gasteiger partial charge in [0, 0.05) is 30.2 Å². The highest BCUT2D eigenvalue weighted by molar-refractivity contribution is 5.60. The Hall–Kier alpha value is -3.06. The quantitative estimate of drug-likeness (QED) is 0.641. The molecule has 2 aromatic heterocycles. The van der Waals surface area contributed by atoms with Crippen molar-refractivity contribution in [3.8, 4) is 11.4 Å². The van der Waals surface area contributed by atoms with Gasteiger partial charge in [0.1, 0.15) is 0 Å². The van der Waals surface area contributed by atoms with Crippen molar-refractivity contribution in [1.29, 1.82) is 0 Å². The summed E-state index contributed by atoms with van der Waals surface area (Å²) in [5, 5.41) is 15.1. The number of nitrogens with zero attached hydrogens (tertiary/aromatic N) is 4. The van der Waals surface area contributed by atoms with Gasteiger partial charge >= 0.3 is 0 Å². The number of aliphatic hydroxyl groups excluding tert-OH is 1. The van der Waals surface area contributed by atoms with Crippen LogP contribution in [0, 0.1) is 0 Å². The van der Waals surface area contributed by atoms with E-state index in [0.29, 0.717) is 24.3 Å². The number of hydrogen-bond donors (Lipinski definition) is 3. The van der Waals surface area contributed by atoms with Crippen molar-refractivity contribution in [3.63, 3.8) is 0 Å². The van der Waals surface area contributed by atoms with Crippen LogP contribution in [0.4, 0.5) is 17.6 Å². The van der Waals surface area contributed by atoms with Gasteiger partial charge in [-0.1, -0.05) is 30.3 Å². The Bertz CT molecular complexity index is 751. The molecule has 0 aliphatic rings. The van der Waals surface area contributed by atoms with E-state index in [-0.39, 0.29) is 6.61 Å². The van der Waals surface area contributed by atoms with E-state index >= 15 is 0 Å². The van der Waals surface area contributed by atoms with Crippen molar-refractivity contribution in [2.24, 2.45) is 0 Å². The van der Waals surface area contributed by atoms with Crippen LogP contribution in [0.15, 0.2) is 54.9 Å². The van der Waals surface area contributed by atoms with Crippen LogP contribution in [0.25, 0.3) is 11.4 Å². The minimum absolute atomic E-state index is 0.000526. The number of pyridine rings is 1. The maximum atomic E-state index is 8.96. The molecule has 0 bridgehead atoms. The van der Waals surface area contributed by atoms with Gasteiger partial charge in [0.25, 0.3) is 0 Å². The normalized spacial score (nSPS) is 10.3. The maximum absolute atomic E-state index is 8.96. The van der Waals surface area contributed by atoms with Crippen molar-refractivity contribution in [2.45, 2.75) is 0 Å². The Morgan fingerprint density at radius 3 is 2.35 bits per heavy atom. The Kier molecular flexibility index (Phi) is 4.70. The van der Waals surface area contributed by atoms with Crippen LogP contribution in [0.2, 0.25) is 0 Å². The fraction of sp³-hybridized carbons (Fsp3) is 0.125. The Morgan fingerprint density at radius 1 is 0.870 bits per heavy atom. The minimum atomic E-state index is -0.000526. The molecule has 0 amide bonds. The fourth-order valence-electron chi connectivity index (χ4n) is 1.96. The summed E-state index contributed by atoms with van der Waals surface area (Å²) in [6.07, 6.45) is 3.37. The standard InChI is InChI=1S/C16H16N6O/c23-11-10-18-15-20-14(12-4-2-1-3-5-12)21-16(22-15)19-13-6-8-17-9-7-13/h1-9,23H,10-11H2,(H2,17,18,19,20,21,22). The molecule has 1 aromatic carbocycles. The van der Waals surface area contributed by atoms with Gasteiger partial charge < -0.3 is 15.7 Å². The third-order valence-corrected chi connectivity index (χ3v) is 3.00. The second-order valence-corrected chi connectivity index (χ2v) is 4.68. The molecule has 3 aromatic rings. The molecule has 7 heteroatoms. The molecule has 0 spiro atoms. The van der Waals surface area contributed by atoms with Gasteiger partial charge in [-0.15, -0.1) is 0 Å². The molecule has 0 saturated carbocycles. The van der Waals surface area contributed by atoms with E-state index < -0.39 is 0 Å². The third kappa shape index (κ3) is 3.98. The zero-order valence-electron chi connectivity index (χ0n) is 12.3. The van der Waals surface area contributed by atoms with Gasteiger partial charge in [-0.05, 0) is 12.1 Å². The number of anilines is 3.